The molecule has 0 aliphatic carbocycles. The first-order chi connectivity index (χ1) is 16.5. The Balaban J connectivity index is 1.78. The number of methoxy groups -OCH3 is 2. The minimum absolute atomic E-state index is 0.00683. The second kappa shape index (κ2) is 10.0. The molecule has 34 heavy (non-hydrogen) atoms. The van der Waals surface area contributed by atoms with Gasteiger partial charge in [-0.2, -0.15) is 5.10 Å². The summed E-state index contributed by atoms with van der Waals surface area (Å²) < 4.78 is 10.7. The normalized spacial score (nSPS) is 11.5. The molecule has 0 aliphatic heterocycles. The summed E-state index contributed by atoms with van der Waals surface area (Å²) in [4.78, 5) is 26.4. The number of aromatic nitrogens is 2. The van der Waals surface area contributed by atoms with Crippen molar-refractivity contribution in [1.82, 2.24) is 15.5 Å². The first-order valence-corrected chi connectivity index (χ1v) is 10.8. The molecule has 0 aliphatic rings. The molecule has 0 radical (unpaired) electrons. The summed E-state index contributed by atoms with van der Waals surface area (Å²) in [5.41, 5.74) is 2.77. The lowest BCUT2D eigenvalue weighted by Gasteiger charge is -2.18. The summed E-state index contributed by atoms with van der Waals surface area (Å²) in [5.74, 6) is 0.649. The molecule has 4 rings (SSSR count). The number of H-pyrrole nitrogens is 1. The fourth-order valence-electron chi connectivity index (χ4n) is 3.83. The minimum atomic E-state index is -0.560. The number of carbonyl (C=O) groups excluding carboxylic acids is 1. The molecule has 172 valence electrons. The third kappa shape index (κ3) is 4.54. The first-order valence-electron chi connectivity index (χ1n) is 10.8. The Bertz CT molecular complexity index is 1350. The number of benzene rings is 3. The Morgan fingerprint density at radius 1 is 0.882 bits per heavy atom. The van der Waals surface area contributed by atoms with Gasteiger partial charge in [-0.3, -0.25) is 9.59 Å². The van der Waals surface area contributed by atoms with Gasteiger partial charge in [-0.15, -0.1) is 0 Å². The topological polar surface area (TPSA) is 93.3 Å². The van der Waals surface area contributed by atoms with Crippen LogP contribution in [0.3, 0.4) is 0 Å². The van der Waals surface area contributed by atoms with Crippen LogP contribution in [-0.4, -0.2) is 30.3 Å². The average molecular weight is 456 g/mol. The summed E-state index contributed by atoms with van der Waals surface area (Å²) in [5, 5.41) is 9.75. The van der Waals surface area contributed by atoms with Crippen LogP contribution in [0.1, 0.15) is 28.9 Å². The number of rotatable bonds is 7. The van der Waals surface area contributed by atoms with E-state index in [9.17, 15) is 9.59 Å². The van der Waals surface area contributed by atoms with Crippen molar-refractivity contribution in [3.63, 3.8) is 0 Å². The van der Waals surface area contributed by atoms with Gasteiger partial charge in [0.25, 0.3) is 11.5 Å². The van der Waals surface area contributed by atoms with Gasteiger partial charge in [0.05, 0.1) is 26.0 Å². The van der Waals surface area contributed by atoms with Crippen LogP contribution in [0.15, 0.2) is 83.7 Å². The van der Waals surface area contributed by atoms with E-state index < -0.39 is 17.5 Å². The minimum Gasteiger partial charge on any atom is -0.493 e. The number of hydrogen-bond donors (Lipinski definition) is 2. The Hall–Kier alpha value is -4.39. The van der Waals surface area contributed by atoms with Crippen LogP contribution in [0.5, 0.6) is 11.5 Å². The Kier molecular flexibility index (Phi) is 6.73. The third-order valence-corrected chi connectivity index (χ3v) is 5.58. The summed E-state index contributed by atoms with van der Waals surface area (Å²) in [7, 11) is 3.12. The zero-order chi connectivity index (χ0) is 24.1. The lowest BCUT2D eigenvalue weighted by Crippen LogP contribution is -2.33. The predicted molar refractivity (Wildman–Crippen MR) is 131 cm³/mol. The van der Waals surface area contributed by atoms with Crippen molar-refractivity contribution in [1.29, 1.82) is 0 Å². The van der Waals surface area contributed by atoms with Crippen LogP contribution >= 0.6 is 0 Å². The van der Waals surface area contributed by atoms with E-state index in [4.69, 9.17) is 9.47 Å². The Labute approximate surface area is 197 Å². The van der Waals surface area contributed by atoms with Crippen molar-refractivity contribution in [3.05, 3.63) is 100 Å². The smallest absolute Gasteiger partial charge is 0.277 e. The molecule has 1 amide bonds. The maximum absolute atomic E-state index is 13.5. The molecule has 2 N–H and O–H groups in total. The highest BCUT2D eigenvalue weighted by Gasteiger charge is 2.24. The van der Waals surface area contributed by atoms with Crippen LogP contribution in [0.2, 0.25) is 0 Å². The number of hydrogen-bond acceptors (Lipinski definition) is 5. The van der Waals surface area contributed by atoms with E-state index in [0.717, 1.165) is 16.7 Å². The molecular formula is C27H25N3O4. The predicted octanol–water partition coefficient (Wildman–Crippen LogP) is 4.61. The van der Waals surface area contributed by atoms with E-state index in [1.54, 1.807) is 26.4 Å². The molecule has 0 spiro atoms. The summed E-state index contributed by atoms with van der Waals surface area (Å²) in [6.07, 6.45) is 0. The zero-order valence-electron chi connectivity index (χ0n) is 19.2. The maximum Gasteiger partial charge on any atom is 0.277 e. The fourth-order valence-corrected chi connectivity index (χ4v) is 3.83. The van der Waals surface area contributed by atoms with Gasteiger partial charge < -0.3 is 14.8 Å². The number of carbonyl (C=O) groups is 1. The van der Waals surface area contributed by atoms with Crippen molar-refractivity contribution in [2.24, 2.45) is 0 Å². The maximum atomic E-state index is 13.5. The van der Waals surface area contributed by atoms with Crippen LogP contribution in [-0.2, 0) is 0 Å². The highest BCUT2D eigenvalue weighted by molar-refractivity contribution is 6.03. The molecule has 1 aromatic heterocycles. The summed E-state index contributed by atoms with van der Waals surface area (Å²) >= 11 is 0. The van der Waals surface area contributed by atoms with Crippen molar-refractivity contribution in [3.8, 4) is 33.9 Å². The Morgan fingerprint density at radius 3 is 2.12 bits per heavy atom. The zero-order valence-corrected chi connectivity index (χ0v) is 19.2. The number of nitrogens with one attached hydrogen (secondary N) is 2. The van der Waals surface area contributed by atoms with Gasteiger partial charge in [0.1, 0.15) is 5.56 Å². The van der Waals surface area contributed by atoms with Crippen LogP contribution in [0.4, 0.5) is 0 Å². The van der Waals surface area contributed by atoms with Crippen LogP contribution in [0, 0.1) is 0 Å². The quantitative estimate of drug-likeness (QED) is 0.424. The molecule has 1 heterocycles. The number of nitrogens with zero attached hydrogens (tertiary/aromatic N) is 1. The average Bonchev–Trinajstić information content (AvgIpc) is 2.88. The van der Waals surface area contributed by atoms with Gasteiger partial charge >= 0.3 is 0 Å². The molecule has 7 nitrogen and oxygen atoms in total. The van der Waals surface area contributed by atoms with Gasteiger partial charge in [0.2, 0.25) is 0 Å². The lowest BCUT2D eigenvalue weighted by molar-refractivity contribution is 0.0938. The molecule has 0 fully saturated rings. The van der Waals surface area contributed by atoms with Gasteiger partial charge in [-0.05, 0) is 30.2 Å². The molecule has 3 aromatic carbocycles. The van der Waals surface area contributed by atoms with E-state index in [1.165, 1.54) is 0 Å². The van der Waals surface area contributed by atoms with Gasteiger partial charge in [0, 0.05) is 11.1 Å². The number of amides is 1. The van der Waals surface area contributed by atoms with E-state index in [-0.39, 0.29) is 5.56 Å². The second-order valence-electron chi connectivity index (χ2n) is 7.69. The SMILES string of the molecule is COc1ccc(C(C)NC(=O)c2c(-c3ccccc3)c(-c3ccccc3)n[nH]c2=O)cc1OC. The van der Waals surface area contributed by atoms with Crippen molar-refractivity contribution in [2.45, 2.75) is 13.0 Å². The largest absolute Gasteiger partial charge is 0.493 e. The molecule has 1 unspecified atom stereocenters. The van der Waals surface area contributed by atoms with E-state index in [0.29, 0.717) is 22.8 Å². The lowest BCUT2D eigenvalue weighted by atomic mass is 9.95. The van der Waals surface area contributed by atoms with Crippen LogP contribution < -0.4 is 20.3 Å². The molecule has 0 saturated heterocycles. The van der Waals surface area contributed by atoms with Crippen molar-refractivity contribution >= 4 is 5.91 Å². The van der Waals surface area contributed by atoms with Crippen LogP contribution in [0.25, 0.3) is 22.4 Å². The van der Waals surface area contributed by atoms with Gasteiger partial charge in [-0.25, -0.2) is 5.10 Å². The fraction of sp³-hybridized carbons (Fsp3) is 0.148. The third-order valence-electron chi connectivity index (χ3n) is 5.58. The summed E-state index contributed by atoms with van der Waals surface area (Å²) in [6.45, 7) is 1.84. The van der Waals surface area contributed by atoms with E-state index >= 15 is 0 Å². The first kappa shape index (κ1) is 22.8. The van der Waals surface area contributed by atoms with Gasteiger partial charge in [0.15, 0.2) is 11.5 Å². The summed E-state index contributed by atoms with van der Waals surface area (Å²) in [6, 6.07) is 23.8. The molecular weight excluding hydrogens is 430 g/mol. The molecule has 0 saturated carbocycles. The van der Waals surface area contributed by atoms with Gasteiger partial charge in [-0.1, -0.05) is 66.7 Å². The standard InChI is InChI=1S/C27H25N3O4/c1-17(20-14-15-21(33-2)22(16-20)34-3)28-26(31)24-23(18-10-6-4-7-11-18)25(29-30-27(24)32)19-12-8-5-9-13-19/h4-17H,1-3H3,(H,28,31)(H,30,32). The number of ether oxygens (including phenoxy) is 2. The van der Waals surface area contributed by atoms with E-state index in [2.05, 4.69) is 15.5 Å². The number of aromatic amines is 1. The Morgan fingerprint density at radius 2 is 1.50 bits per heavy atom. The second-order valence-corrected chi connectivity index (χ2v) is 7.69. The highest BCUT2D eigenvalue weighted by atomic mass is 16.5. The van der Waals surface area contributed by atoms with E-state index in [1.807, 2.05) is 73.7 Å². The molecule has 0 bridgehead atoms. The van der Waals surface area contributed by atoms with Crippen molar-refractivity contribution in [2.75, 3.05) is 14.2 Å². The molecule has 4 aromatic rings. The van der Waals surface area contributed by atoms with Crippen molar-refractivity contribution < 1.29 is 14.3 Å². The highest BCUT2D eigenvalue weighted by Crippen LogP contribution is 2.33. The molecule has 7 heteroatoms. The monoisotopic (exact) mass is 455 g/mol. The molecule has 1 atom stereocenters.